The van der Waals surface area contributed by atoms with Gasteiger partial charge in [-0.2, -0.15) is 10.2 Å². The number of carbonyl (C=O) groups excluding carboxylic acids is 1. The Balaban J connectivity index is 1.59. The van der Waals surface area contributed by atoms with Gasteiger partial charge in [0.15, 0.2) is 0 Å². The Morgan fingerprint density at radius 1 is 1.27 bits per heavy atom. The maximum atomic E-state index is 11.3. The van der Waals surface area contributed by atoms with Crippen LogP contribution in [0.5, 0.6) is 11.5 Å². The van der Waals surface area contributed by atoms with Gasteiger partial charge in [-0.1, -0.05) is 19.1 Å². The molecule has 1 atom stereocenters. The fourth-order valence-corrected chi connectivity index (χ4v) is 2.72. The summed E-state index contributed by atoms with van der Waals surface area (Å²) in [7, 11) is 0. The van der Waals surface area contributed by atoms with Crippen molar-refractivity contribution in [3.8, 4) is 11.5 Å². The van der Waals surface area contributed by atoms with E-state index in [-0.39, 0.29) is 23.3 Å². The molecule has 4 N–H and O–H groups in total. The summed E-state index contributed by atoms with van der Waals surface area (Å²) < 4.78 is 0. The normalized spacial score (nSPS) is 17.0. The molecule has 0 saturated heterocycles. The van der Waals surface area contributed by atoms with Gasteiger partial charge in [0.1, 0.15) is 11.5 Å². The van der Waals surface area contributed by atoms with E-state index in [0.717, 1.165) is 17.0 Å². The lowest BCUT2D eigenvalue weighted by molar-refractivity contribution is -0.121. The van der Waals surface area contributed by atoms with Crippen LogP contribution in [0.4, 0.5) is 5.69 Å². The van der Waals surface area contributed by atoms with Gasteiger partial charge >= 0.3 is 0 Å². The molecule has 0 saturated carbocycles. The molecule has 134 valence electrons. The van der Waals surface area contributed by atoms with Gasteiger partial charge in [0, 0.05) is 30.5 Å². The minimum absolute atomic E-state index is 0.0633. The predicted molar refractivity (Wildman–Crippen MR) is 100 cm³/mol. The fraction of sp³-hybridized carbons (Fsp3) is 0.211. The Labute approximate surface area is 151 Å². The number of amides is 1. The molecule has 0 fully saturated rings. The van der Waals surface area contributed by atoms with Gasteiger partial charge in [0.25, 0.3) is 0 Å². The molecule has 2 aromatic rings. The van der Waals surface area contributed by atoms with Crippen molar-refractivity contribution in [3.05, 3.63) is 53.6 Å². The van der Waals surface area contributed by atoms with Crippen molar-refractivity contribution < 1.29 is 15.0 Å². The number of hydrogen-bond acceptors (Lipinski definition) is 6. The molecule has 0 aromatic heterocycles. The van der Waals surface area contributed by atoms with Gasteiger partial charge in [0.05, 0.1) is 11.4 Å². The first-order chi connectivity index (χ1) is 12.5. The van der Waals surface area contributed by atoms with Crippen LogP contribution in [0, 0.1) is 5.92 Å². The van der Waals surface area contributed by atoms with Gasteiger partial charge in [-0.05, 0) is 35.9 Å². The lowest BCUT2D eigenvalue weighted by Crippen LogP contribution is -2.31. The predicted octanol–water partition coefficient (Wildman–Crippen LogP) is 2.60. The zero-order valence-corrected chi connectivity index (χ0v) is 14.3. The van der Waals surface area contributed by atoms with E-state index in [2.05, 4.69) is 21.1 Å². The Kier molecular flexibility index (Phi) is 5.17. The summed E-state index contributed by atoms with van der Waals surface area (Å²) in [5.41, 5.74) is 8.64. The molecular weight excluding hydrogens is 332 g/mol. The summed E-state index contributed by atoms with van der Waals surface area (Å²) in [4.78, 5) is 11.3. The van der Waals surface area contributed by atoms with Crippen molar-refractivity contribution in [1.29, 1.82) is 0 Å². The second-order valence-corrected chi connectivity index (χ2v) is 6.16. The average Bonchev–Trinajstić information content (AvgIpc) is 2.62. The number of nitrogens with one attached hydrogen (secondary N) is 2. The van der Waals surface area contributed by atoms with Gasteiger partial charge < -0.3 is 10.2 Å². The Bertz CT molecular complexity index is 860. The molecule has 1 heterocycles. The van der Waals surface area contributed by atoms with Gasteiger partial charge in [-0.15, -0.1) is 0 Å². The van der Waals surface area contributed by atoms with Crippen LogP contribution in [-0.4, -0.2) is 28.0 Å². The van der Waals surface area contributed by atoms with Crippen LogP contribution in [0.2, 0.25) is 0 Å². The standard InChI is InChI=1S/C19H20N4O3/c1-12-10-18(26)22-23-19(12)13-2-4-15(5-3-13)21-20-9-8-14-11-16(24)6-7-17(14)25/h2-7,9,11-12,21,24-25H,8,10H2,1H3,(H,22,26). The van der Waals surface area contributed by atoms with Crippen molar-refractivity contribution in [2.75, 3.05) is 5.43 Å². The van der Waals surface area contributed by atoms with Crippen molar-refractivity contribution >= 4 is 23.5 Å². The molecule has 0 aliphatic carbocycles. The summed E-state index contributed by atoms with van der Waals surface area (Å²) in [6.07, 6.45) is 2.44. The number of carbonyl (C=O) groups is 1. The third-order valence-electron chi connectivity index (χ3n) is 4.10. The number of phenols is 2. The maximum absolute atomic E-state index is 11.3. The van der Waals surface area contributed by atoms with Crippen LogP contribution in [0.25, 0.3) is 0 Å². The summed E-state index contributed by atoms with van der Waals surface area (Å²) in [6.45, 7) is 1.98. The van der Waals surface area contributed by atoms with Crippen molar-refractivity contribution in [2.24, 2.45) is 16.1 Å². The van der Waals surface area contributed by atoms with Crippen molar-refractivity contribution in [2.45, 2.75) is 19.8 Å². The summed E-state index contributed by atoms with van der Waals surface area (Å²) in [6, 6.07) is 12.0. The first-order valence-corrected chi connectivity index (χ1v) is 8.28. The van der Waals surface area contributed by atoms with E-state index in [1.54, 1.807) is 6.21 Å². The van der Waals surface area contributed by atoms with Gasteiger partial charge in [-0.3, -0.25) is 10.2 Å². The molecule has 0 bridgehead atoms. The number of hydrogen-bond donors (Lipinski definition) is 4. The van der Waals surface area contributed by atoms with E-state index in [1.807, 2.05) is 31.2 Å². The molecule has 1 amide bonds. The van der Waals surface area contributed by atoms with Crippen molar-refractivity contribution in [1.82, 2.24) is 5.43 Å². The number of aromatic hydroxyl groups is 2. The average molecular weight is 352 g/mol. The van der Waals surface area contributed by atoms with Crippen molar-refractivity contribution in [3.63, 3.8) is 0 Å². The van der Waals surface area contributed by atoms with Crippen LogP contribution >= 0.6 is 0 Å². The van der Waals surface area contributed by atoms with E-state index in [4.69, 9.17) is 0 Å². The van der Waals surface area contributed by atoms with Gasteiger partial charge in [0.2, 0.25) is 5.91 Å². The summed E-state index contributed by atoms with van der Waals surface area (Å²) in [5.74, 6) is 0.237. The topological polar surface area (TPSA) is 106 Å². The van der Waals surface area contributed by atoms with Crippen LogP contribution in [0.1, 0.15) is 24.5 Å². The minimum atomic E-state index is -0.0633. The van der Waals surface area contributed by atoms with Crippen LogP contribution in [-0.2, 0) is 11.2 Å². The van der Waals surface area contributed by atoms with Crippen LogP contribution in [0.3, 0.4) is 0 Å². The van der Waals surface area contributed by atoms with E-state index in [0.29, 0.717) is 18.4 Å². The number of phenolic OH excluding ortho intramolecular Hbond substituents is 2. The monoisotopic (exact) mass is 352 g/mol. The molecule has 0 radical (unpaired) electrons. The molecule has 1 aliphatic rings. The highest BCUT2D eigenvalue weighted by molar-refractivity contribution is 6.05. The largest absolute Gasteiger partial charge is 0.508 e. The highest BCUT2D eigenvalue weighted by Crippen LogP contribution is 2.22. The number of rotatable bonds is 5. The first kappa shape index (κ1) is 17.5. The van der Waals surface area contributed by atoms with E-state index >= 15 is 0 Å². The van der Waals surface area contributed by atoms with E-state index in [9.17, 15) is 15.0 Å². The zero-order chi connectivity index (χ0) is 18.5. The van der Waals surface area contributed by atoms with E-state index < -0.39 is 0 Å². The SMILES string of the molecule is CC1CC(=O)NN=C1c1ccc(NN=CCc2cc(O)ccc2O)cc1. The first-order valence-electron chi connectivity index (χ1n) is 8.28. The Morgan fingerprint density at radius 2 is 2.04 bits per heavy atom. The number of hydrazone groups is 2. The third-order valence-corrected chi connectivity index (χ3v) is 4.10. The molecule has 1 unspecified atom stereocenters. The Morgan fingerprint density at radius 3 is 2.77 bits per heavy atom. The quantitative estimate of drug-likeness (QED) is 0.377. The van der Waals surface area contributed by atoms with Gasteiger partial charge in [-0.25, -0.2) is 5.43 Å². The molecular formula is C19H20N4O3. The lowest BCUT2D eigenvalue weighted by Gasteiger charge is -2.19. The minimum Gasteiger partial charge on any atom is -0.508 e. The molecule has 1 aliphatic heterocycles. The molecule has 2 aromatic carbocycles. The fourth-order valence-electron chi connectivity index (χ4n) is 2.72. The third kappa shape index (κ3) is 4.18. The summed E-state index contributed by atoms with van der Waals surface area (Å²) >= 11 is 0. The van der Waals surface area contributed by atoms with Crippen LogP contribution < -0.4 is 10.9 Å². The number of anilines is 1. The maximum Gasteiger partial charge on any atom is 0.240 e. The number of benzene rings is 2. The number of nitrogens with zero attached hydrogens (tertiary/aromatic N) is 2. The summed E-state index contributed by atoms with van der Waals surface area (Å²) in [5, 5.41) is 27.4. The second kappa shape index (κ2) is 7.69. The molecule has 26 heavy (non-hydrogen) atoms. The second-order valence-electron chi connectivity index (χ2n) is 6.16. The molecule has 7 nitrogen and oxygen atoms in total. The highest BCUT2D eigenvalue weighted by atomic mass is 16.3. The molecule has 3 rings (SSSR count). The zero-order valence-electron chi connectivity index (χ0n) is 14.3. The van der Waals surface area contributed by atoms with E-state index in [1.165, 1.54) is 18.2 Å². The van der Waals surface area contributed by atoms with Crippen LogP contribution in [0.15, 0.2) is 52.7 Å². The lowest BCUT2D eigenvalue weighted by atomic mass is 9.94. The molecule has 7 heteroatoms. The molecule has 0 spiro atoms. The smallest absolute Gasteiger partial charge is 0.240 e. The highest BCUT2D eigenvalue weighted by Gasteiger charge is 2.21. The Hall–Kier alpha value is -3.35.